The lowest BCUT2D eigenvalue weighted by molar-refractivity contribution is 0.762. The summed E-state index contributed by atoms with van der Waals surface area (Å²) >= 11 is 0. The molecular formula is C4H12IN. The lowest BCUT2D eigenvalue weighted by atomic mass is 10.7. The Kier molecular flexibility index (Phi) is 15.1. The van der Waals surface area contributed by atoms with Gasteiger partial charge in [0.2, 0.25) is 0 Å². The summed E-state index contributed by atoms with van der Waals surface area (Å²) in [6.07, 6.45) is 0. The normalized spacial score (nSPS) is 7.00. The molecule has 0 radical (unpaired) electrons. The van der Waals surface area contributed by atoms with Crippen LogP contribution in [0.5, 0.6) is 0 Å². The summed E-state index contributed by atoms with van der Waals surface area (Å²) < 4.78 is 0. The first-order valence-corrected chi connectivity index (χ1v) is 2.12. The third kappa shape index (κ3) is 8.83. The van der Waals surface area contributed by atoms with Gasteiger partial charge in [-0.3, -0.25) is 0 Å². The third-order valence-corrected chi connectivity index (χ3v) is 0.500. The van der Waals surface area contributed by atoms with Crippen LogP contribution in [0.2, 0.25) is 0 Å². The summed E-state index contributed by atoms with van der Waals surface area (Å²) in [6, 6.07) is 0. The van der Waals surface area contributed by atoms with Crippen LogP contribution in [-0.2, 0) is 0 Å². The molecule has 0 saturated heterocycles. The molecule has 0 atom stereocenters. The zero-order valence-corrected chi connectivity index (χ0v) is 6.65. The largest absolute Gasteiger partial charge is 0.317 e. The monoisotopic (exact) mass is 201 g/mol. The standard InChI is InChI=1S/C4H11N.HI/c1-3-5-4-2;/h5H,3-4H2,1-2H3;1H. The van der Waals surface area contributed by atoms with Crippen LogP contribution >= 0.6 is 24.0 Å². The number of hydrogen-bond acceptors (Lipinski definition) is 1. The Morgan fingerprint density at radius 1 is 1.17 bits per heavy atom. The van der Waals surface area contributed by atoms with E-state index in [9.17, 15) is 0 Å². The Morgan fingerprint density at radius 2 is 1.50 bits per heavy atom. The maximum absolute atomic E-state index is 3.11. The summed E-state index contributed by atoms with van der Waals surface area (Å²) in [6.45, 7) is 6.39. The van der Waals surface area contributed by atoms with E-state index in [0.29, 0.717) is 0 Å². The first kappa shape index (κ1) is 9.85. The summed E-state index contributed by atoms with van der Waals surface area (Å²) in [7, 11) is 0. The van der Waals surface area contributed by atoms with Crippen molar-refractivity contribution in [2.45, 2.75) is 13.8 Å². The van der Waals surface area contributed by atoms with E-state index >= 15 is 0 Å². The molecule has 0 aromatic carbocycles. The van der Waals surface area contributed by atoms with Crippen molar-refractivity contribution < 1.29 is 0 Å². The average Bonchev–Trinajstić information content (AvgIpc) is 1.41. The quantitative estimate of drug-likeness (QED) is 0.662. The molecule has 0 amide bonds. The van der Waals surface area contributed by atoms with Gasteiger partial charge in [-0.2, -0.15) is 0 Å². The molecule has 0 unspecified atom stereocenters. The van der Waals surface area contributed by atoms with Gasteiger partial charge < -0.3 is 5.32 Å². The zero-order valence-electron chi connectivity index (χ0n) is 4.32. The molecule has 0 spiro atoms. The van der Waals surface area contributed by atoms with Crippen LogP contribution in [0.25, 0.3) is 0 Å². The van der Waals surface area contributed by atoms with Gasteiger partial charge in [-0.25, -0.2) is 0 Å². The Morgan fingerprint density at radius 3 is 1.50 bits per heavy atom. The molecule has 0 aliphatic rings. The molecule has 40 valence electrons. The van der Waals surface area contributed by atoms with E-state index in [-0.39, 0.29) is 24.0 Å². The highest BCUT2D eigenvalue weighted by Gasteiger charge is 1.62. The smallest absolute Gasteiger partial charge is 0.00775 e. The lowest BCUT2D eigenvalue weighted by Gasteiger charge is -1.86. The maximum atomic E-state index is 3.11. The van der Waals surface area contributed by atoms with E-state index in [2.05, 4.69) is 19.2 Å². The molecule has 0 bridgehead atoms. The van der Waals surface area contributed by atoms with Crippen molar-refractivity contribution in [3.63, 3.8) is 0 Å². The summed E-state index contributed by atoms with van der Waals surface area (Å²) in [5, 5.41) is 3.11. The highest BCUT2D eigenvalue weighted by atomic mass is 127. The maximum Gasteiger partial charge on any atom is -0.00775 e. The molecule has 1 N–H and O–H groups in total. The van der Waals surface area contributed by atoms with Gasteiger partial charge >= 0.3 is 0 Å². The van der Waals surface area contributed by atoms with Crippen LogP contribution < -0.4 is 5.32 Å². The molecule has 0 rings (SSSR count). The van der Waals surface area contributed by atoms with Gasteiger partial charge in [-0.15, -0.1) is 24.0 Å². The molecule has 1 nitrogen and oxygen atoms in total. The summed E-state index contributed by atoms with van der Waals surface area (Å²) in [5.41, 5.74) is 0. The van der Waals surface area contributed by atoms with Crippen molar-refractivity contribution >= 4 is 24.0 Å². The highest BCUT2D eigenvalue weighted by Crippen LogP contribution is 1.47. The second kappa shape index (κ2) is 9.19. The Bertz CT molecular complexity index is 15.0. The van der Waals surface area contributed by atoms with Crippen LogP contribution in [0.4, 0.5) is 0 Å². The number of nitrogens with one attached hydrogen (secondary N) is 1. The molecular weight excluding hydrogens is 189 g/mol. The van der Waals surface area contributed by atoms with E-state index in [4.69, 9.17) is 0 Å². The fourth-order valence-corrected chi connectivity index (χ4v) is 0.250. The van der Waals surface area contributed by atoms with Crippen LogP contribution in [0, 0.1) is 0 Å². The lowest BCUT2D eigenvalue weighted by Crippen LogP contribution is -2.09. The molecule has 0 aromatic heterocycles. The average molecular weight is 201 g/mol. The van der Waals surface area contributed by atoms with Crippen LogP contribution in [0.15, 0.2) is 0 Å². The van der Waals surface area contributed by atoms with E-state index in [1.807, 2.05) is 0 Å². The van der Waals surface area contributed by atoms with Gasteiger partial charge in [-0.05, 0) is 13.1 Å². The van der Waals surface area contributed by atoms with Crippen molar-refractivity contribution in [1.82, 2.24) is 5.32 Å². The fourth-order valence-electron chi connectivity index (χ4n) is 0.250. The summed E-state index contributed by atoms with van der Waals surface area (Å²) in [5.74, 6) is 0. The van der Waals surface area contributed by atoms with Crippen molar-refractivity contribution in [3.05, 3.63) is 0 Å². The highest BCUT2D eigenvalue weighted by molar-refractivity contribution is 14.0. The minimum Gasteiger partial charge on any atom is -0.317 e. The first-order valence-electron chi connectivity index (χ1n) is 2.12. The Hall–Kier alpha value is 0.690. The van der Waals surface area contributed by atoms with E-state index in [0.717, 1.165) is 13.1 Å². The molecule has 6 heavy (non-hydrogen) atoms. The molecule has 0 saturated carbocycles. The van der Waals surface area contributed by atoms with E-state index in [1.165, 1.54) is 0 Å². The molecule has 2 heteroatoms. The van der Waals surface area contributed by atoms with Crippen LogP contribution in [0.1, 0.15) is 13.8 Å². The van der Waals surface area contributed by atoms with Crippen molar-refractivity contribution in [3.8, 4) is 0 Å². The molecule has 0 heterocycles. The molecule has 0 aromatic rings. The number of halogens is 1. The molecule has 0 aliphatic heterocycles. The van der Waals surface area contributed by atoms with Crippen molar-refractivity contribution in [2.75, 3.05) is 13.1 Å². The SMILES string of the molecule is CCNCC.I. The van der Waals surface area contributed by atoms with Crippen LogP contribution in [0.3, 0.4) is 0 Å². The summed E-state index contributed by atoms with van der Waals surface area (Å²) in [4.78, 5) is 0. The first-order chi connectivity index (χ1) is 2.41. The van der Waals surface area contributed by atoms with Gasteiger partial charge in [0.05, 0.1) is 0 Å². The van der Waals surface area contributed by atoms with Crippen LogP contribution in [-0.4, -0.2) is 13.1 Å². The number of rotatable bonds is 2. The molecule has 0 fully saturated rings. The van der Waals surface area contributed by atoms with Crippen molar-refractivity contribution in [2.24, 2.45) is 0 Å². The van der Waals surface area contributed by atoms with E-state index in [1.54, 1.807) is 0 Å². The van der Waals surface area contributed by atoms with Gasteiger partial charge in [0, 0.05) is 0 Å². The zero-order chi connectivity index (χ0) is 4.12. The van der Waals surface area contributed by atoms with Gasteiger partial charge in [0.25, 0.3) is 0 Å². The second-order valence-electron chi connectivity index (χ2n) is 0.957. The van der Waals surface area contributed by atoms with Gasteiger partial charge in [0.15, 0.2) is 0 Å². The second-order valence-corrected chi connectivity index (χ2v) is 0.957. The van der Waals surface area contributed by atoms with Gasteiger partial charge in [-0.1, -0.05) is 13.8 Å². The minimum atomic E-state index is 0. The third-order valence-electron chi connectivity index (χ3n) is 0.500. The Labute approximate surface area is 56.5 Å². The number of hydrogen-bond donors (Lipinski definition) is 1. The van der Waals surface area contributed by atoms with Crippen molar-refractivity contribution in [1.29, 1.82) is 0 Å². The topological polar surface area (TPSA) is 12.0 Å². The minimum absolute atomic E-state index is 0. The van der Waals surface area contributed by atoms with E-state index < -0.39 is 0 Å². The predicted molar refractivity (Wildman–Crippen MR) is 39.6 cm³/mol. The van der Waals surface area contributed by atoms with Gasteiger partial charge in [0.1, 0.15) is 0 Å². The molecule has 0 aliphatic carbocycles. The predicted octanol–water partition coefficient (Wildman–Crippen LogP) is 1.23. The Balaban J connectivity index is 0. The fraction of sp³-hybridized carbons (Fsp3) is 1.00.